The number of rotatable bonds is 4. The first-order valence-corrected chi connectivity index (χ1v) is 9.81. The van der Waals surface area contributed by atoms with Gasteiger partial charge in [-0.25, -0.2) is 19.5 Å². The molecule has 0 aromatic carbocycles. The average molecular weight is 417 g/mol. The lowest BCUT2D eigenvalue weighted by Gasteiger charge is -2.09. The van der Waals surface area contributed by atoms with Crippen molar-refractivity contribution in [1.29, 1.82) is 0 Å². The van der Waals surface area contributed by atoms with Gasteiger partial charge in [-0.05, 0) is 13.8 Å². The first-order valence-electron chi connectivity index (χ1n) is 7.07. The third kappa shape index (κ3) is 3.43. The molecule has 0 spiro atoms. The highest BCUT2D eigenvalue weighted by Crippen LogP contribution is 2.27. The maximum absolute atomic E-state index is 12.6. The highest BCUT2D eigenvalue weighted by Gasteiger charge is 2.28. The van der Waals surface area contributed by atoms with Gasteiger partial charge >= 0.3 is 6.03 Å². The quantitative estimate of drug-likeness (QED) is 0.665. The Hall–Kier alpha value is -2.44. The Morgan fingerprint density at radius 1 is 1.31 bits per heavy atom. The highest BCUT2D eigenvalue weighted by molar-refractivity contribution is 7.90. The number of hydrogen-bond acceptors (Lipinski definition) is 8. The Morgan fingerprint density at radius 3 is 2.73 bits per heavy atom. The molecule has 0 atom stereocenters. The molecule has 26 heavy (non-hydrogen) atoms. The lowest BCUT2D eigenvalue weighted by molar-refractivity contribution is 0.256. The molecule has 3 aromatic rings. The molecule has 0 aliphatic heterocycles. The van der Waals surface area contributed by atoms with E-state index in [0.717, 1.165) is 0 Å². The van der Waals surface area contributed by atoms with E-state index in [-0.39, 0.29) is 22.0 Å². The zero-order chi connectivity index (χ0) is 19.1. The molecule has 3 aromatic heterocycles. The van der Waals surface area contributed by atoms with E-state index in [9.17, 15) is 13.2 Å². The molecule has 0 saturated heterocycles. The van der Waals surface area contributed by atoms with Gasteiger partial charge in [0.2, 0.25) is 11.8 Å². The number of halogens is 1. The number of imidazole rings is 1. The maximum atomic E-state index is 12.6. The molecule has 13 heteroatoms. The molecule has 10 nitrogen and oxygen atoms in total. The van der Waals surface area contributed by atoms with Crippen molar-refractivity contribution in [2.24, 2.45) is 0 Å². The van der Waals surface area contributed by atoms with Crippen molar-refractivity contribution in [3.63, 3.8) is 0 Å². The molecule has 0 saturated carbocycles. The minimum atomic E-state index is -4.29. The van der Waals surface area contributed by atoms with Gasteiger partial charge in [-0.2, -0.15) is 13.4 Å². The second kappa shape index (κ2) is 6.70. The number of methoxy groups -OCH3 is 1. The number of carbonyl (C=O) groups excluding carboxylic acids is 1. The van der Waals surface area contributed by atoms with Crippen molar-refractivity contribution in [2.75, 3.05) is 12.4 Å². The molecular formula is C13H13ClN6O4S2. The van der Waals surface area contributed by atoms with Crippen LogP contribution >= 0.6 is 22.9 Å². The molecular weight excluding hydrogens is 404 g/mol. The van der Waals surface area contributed by atoms with Gasteiger partial charge in [-0.1, -0.05) is 11.6 Å². The third-order valence-electron chi connectivity index (χ3n) is 3.20. The van der Waals surface area contributed by atoms with Gasteiger partial charge in [0.25, 0.3) is 10.0 Å². The molecule has 0 radical (unpaired) electrons. The topological polar surface area (TPSA) is 128 Å². The lowest BCUT2D eigenvalue weighted by atomic mass is 10.4. The Kier molecular flexibility index (Phi) is 4.73. The van der Waals surface area contributed by atoms with Crippen LogP contribution in [0.1, 0.15) is 11.4 Å². The van der Waals surface area contributed by atoms with Crippen LogP contribution in [0.3, 0.4) is 0 Å². The number of amides is 2. The molecule has 0 fully saturated rings. The number of hydrogen-bond donors (Lipinski definition) is 2. The highest BCUT2D eigenvalue weighted by atomic mass is 35.5. The van der Waals surface area contributed by atoms with Gasteiger partial charge in [0.1, 0.15) is 0 Å². The third-order valence-corrected chi connectivity index (χ3v) is 5.86. The zero-order valence-electron chi connectivity index (χ0n) is 13.8. The summed E-state index contributed by atoms with van der Waals surface area (Å²) in [5.74, 6) is 0.121. The Morgan fingerprint density at radius 2 is 2.04 bits per heavy atom. The summed E-state index contributed by atoms with van der Waals surface area (Å²) >= 11 is 7.19. The van der Waals surface area contributed by atoms with Gasteiger partial charge in [-0.3, -0.25) is 9.72 Å². The summed E-state index contributed by atoms with van der Waals surface area (Å²) in [6, 6.07) is 0.513. The molecule has 0 unspecified atom stereocenters. The second-order valence-corrected chi connectivity index (χ2v) is 7.93. The average Bonchev–Trinajstić information content (AvgIpc) is 3.04. The smallest absolute Gasteiger partial charge is 0.335 e. The van der Waals surface area contributed by atoms with Crippen molar-refractivity contribution in [2.45, 2.75) is 18.9 Å². The first kappa shape index (κ1) is 18.4. The van der Waals surface area contributed by atoms with Crippen LogP contribution in [0, 0.1) is 13.8 Å². The number of fused-ring (bicyclic) bond motifs is 1. The number of thiazole rings is 1. The van der Waals surface area contributed by atoms with Crippen LogP contribution in [0.2, 0.25) is 5.15 Å². The van der Waals surface area contributed by atoms with Crippen LogP contribution in [0.25, 0.3) is 4.96 Å². The lowest BCUT2D eigenvalue weighted by Crippen LogP contribution is -2.35. The normalized spacial score (nSPS) is 11.5. The Labute approximate surface area is 157 Å². The molecule has 138 valence electrons. The molecule has 0 aliphatic carbocycles. The molecule has 2 amide bonds. The number of sulfonamides is 1. The van der Waals surface area contributed by atoms with Gasteiger partial charge in [0.15, 0.2) is 15.1 Å². The van der Waals surface area contributed by atoms with Gasteiger partial charge < -0.3 is 4.74 Å². The number of carbonyl (C=O) groups is 1. The van der Waals surface area contributed by atoms with Crippen molar-refractivity contribution in [1.82, 2.24) is 24.1 Å². The minimum Gasteiger partial charge on any atom is -0.481 e. The van der Waals surface area contributed by atoms with Crippen molar-refractivity contribution < 1.29 is 17.9 Å². The van der Waals surface area contributed by atoms with Crippen LogP contribution in [-0.2, 0) is 10.0 Å². The number of aryl methyl sites for hydroxylation is 2. The summed E-state index contributed by atoms with van der Waals surface area (Å²) in [6.07, 6.45) is 0. The van der Waals surface area contributed by atoms with Gasteiger partial charge in [0, 0.05) is 22.8 Å². The number of ether oxygens (including phenoxy) is 1. The van der Waals surface area contributed by atoms with E-state index < -0.39 is 16.1 Å². The maximum Gasteiger partial charge on any atom is 0.335 e. The van der Waals surface area contributed by atoms with Crippen LogP contribution in [0.4, 0.5) is 10.7 Å². The second-order valence-electron chi connectivity index (χ2n) is 5.14. The van der Waals surface area contributed by atoms with Crippen LogP contribution < -0.4 is 14.8 Å². The van der Waals surface area contributed by atoms with Gasteiger partial charge in [0.05, 0.1) is 7.11 Å². The summed E-state index contributed by atoms with van der Waals surface area (Å²) in [7, 11) is -2.88. The van der Waals surface area contributed by atoms with Gasteiger partial charge in [-0.15, -0.1) is 11.3 Å². The SMILES string of the molecule is COc1cc(C)nc(NC(=O)NS(=O)(=O)c2c(Cl)nc3scc(C)n23)n1. The van der Waals surface area contributed by atoms with Crippen LogP contribution in [0.5, 0.6) is 5.88 Å². The molecule has 3 heterocycles. The van der Waals surface area contributed by atoms with Crippen molar-refractivity contribution in [3.8, 4) is 5.88 Å². The minimum absolute atomic E-state index is 0.106. The van der Waals surface area contributed by atoms with Crippen LogP contribution in [-0.4, -0.2) is 40.9 Å². The van der Waals surface area contributed by atoms with E-state index >= 15 is 0 Å². The fraction of sp³-hybridized carbons (Fsp3) is 0.231. The molecule has 2 N–H and O–H groups in total. The Balaban J connectivity index is 1.87. The number of nitrogens with one attached hydrogen (secondary N) is 2. The monoisotopic (exact) mass is 416 g/mol. The Bertz CT molecular complexity index is 1110. The molecule has 3 rings (SSSR count). The summed E-state index contributed by atoms with van der Waals surface area (Å²) in [6.45, 7) is 3.37. The van der Waals surface area contributed by atoms with Crippen molar-refractivity contribution >= 4 is 49.9 Å². The van der Waals surface area contributed by atoms with Crippen molar-refractivity contribution in [3.05, 3.63) is 28.0 Å². The van der Waals surface area contributed by atoms with E-state index in [2.05, 4.69) is 20.3 Å². The number of anilines is 1. The van der Waals surface area contributed by atoms with Crippen LogP contribution in [0.15, 0.2) is 16.5 Å². The summed E-state index contributed by atoms with van der Waals surface area (Å²) in [5.41, 5.74) is 1.15. The molecule has 0 aliphatic rings. The van der Waals surface area contributed by atoms with E-state index in [1.165, 1.54) is 22.8 Å². The van der Waals surface area contributed by atoms with E-state index in [1.807, 2.05) is 4.72 Å². The number of nitrogens with zero attached hydrogens (tertiary/aromatic N) is 4. The number of aromatic nitrogens is 4. The predicted molar refractivity (Wildman–Crippen MR) is 95.5 cm³/mol. The largest absolute Gasteiger partial charge is 0.481 e. The number of urea groups is 1. The molecule has 0 bridgehead atoms. The summed E-state index contributed by atoms with van der Waals surface area (Å²) in [4.78, 5) is 24.4. The summed E-state index contributed by atoms with van der Waals surface area (Å²) < 4.78 is 33.4. The zero-order valence-corrected chi connectivity index (χ0v) is 16.2. The summed E-state index contributed by atoms with van der Waals surface area (Å²) in [5, 5.41) is 3.43. The first-order chi connectivity index (χ1) is 12.2. The standard InChI is InChI=1S/C13H13ClN6O4S2/c1-6-4-8(24-3)16-11(15-6)18-12(21)19-26(22,23)10-9(14)17-13-20(10)7(2)5-25-13/h4-5H,1-3H3,(H2,15,16,18,19,21). The van der Waals surface area contributed by atoms with E-state index in [0.29, 0.717) is 16.3 Å². The predicted octanol–water partition coefficient (Wildman–Crippen LogP) is 1.98. The fourth-order valence-electron chi connectivity index (χ4n) is 2.17. The van der Waals surface area contributed by atoms with E-state index in [4.69, 9.17) is 16.3 Å². The van der Waals surface area contributed by atoms with E-state index in [1.54, 1.807) is 25.3 Å². The fourth-order valence-corrected chi connectivity index (χ4v) is 4.74.